The number of likely N-dealkylation sites (tertiary alicyclic amines) is 1. The van der Waals surface area contributed by atoms with Gasteiger partial charge in [-0.15, -0.1) is 0 Å². The predicted octanol–water partition coefficient (Wildman–Crippen LogP) is 4.50. The third kappa shape index (κ3) is 4.01. The second kappa shape index (κ2) is 7.69. The molecule has 1 fully saturated rings. The Labute approximate surface area is 193 Å². The van der Waals surface area contributed by atoms with Gasteiger partial charge in [0.2, 0.25) is 5.95 Å². The summed E-state index contributed by atoms with van der Waals surface area (Å²) >= 11 is 0. The van der Waals surface area contributed by atoms with Crippen molar-refractivity contribution in [2.45, 2.75) is 64.3 Å². The van der Waals surface area contributed by atoms with E-state index in [-0.39, 0.29) is 22.9 Å². The van der Waals surface area contributed by atoms with E-state index in [1.807, 2.05) is 29.0 Å². The van der Waals surface area contributed by atoms with Crippen molar-refractivity contribution in [1.82, 2.24) is 24.4 Å². The number of halogens is 1. The van der Waals surface area contributed by atoms with E-state index in [9.17, 15) is 4.39 Å². The fourth-order valence-corrected chi connectivity index (χ4v) is 5.03. The molecule has 0 bridgehead atoms. The van der Waals surface area contributed by atoms with Crippen molar-refractivity contribution in [1.29, 1.82) is 0 Å². The first-order valence-corrected chi connectivity index (χ1v) is 11.2. The van der Waals surface area contributed by atoms with Crippen LogP contribution in [0.4, 0.5) is 21.8 Å². The molecule has 0 aliphatic carbocycles. The number of fused-ring (bicyclic) bond motifs is 3. The quantitative estimate of drug-likeness (QED) is 0.604. The van der Waals surface area contributed by atoms with E-state index in [2.05, 4.69) is 65.2 Å². The fraction of sp³-hybridized carbons (Fsp3) is 0.458. The molecule has 5 rings (SSSR count). The van der Waals surface area contributed by atoms with E-state index < -0.39 is 5.82 Å². The molecule has 33 heavy (non-hydrogen) atoms. The molecule has 3 aromatic rings. The van der Waals surface area contributed by atoms with Crippen LogP contribution in [-0.2, 0) is 6.61 Å². The van der Waals surface area contributed by atoms with Gasteiger partial charge in [0.05, 0.1) is 11.9 Å². The number of nitrogens with zero attached hydrogens (tertiary/aromatic N) is 5. The molecular formula is C24H30FN7O. The summed E-state index contributed by atoms with van der Waals surface area (Å²) in [5.41, 5.74) is 1.66. The maximum absolute atomic E-state index is 14.6. The molecule has 9 heteroatoms. The van der Waals surface area contributed by atoms with Crippen LogP contribution in [-0.4, -0.2) is 48.6 Å². The highest BCUT2D eigenvalue weighted by Gasteiger charge is 2.43. The molecule has 0 saturated carbocycles. The van der Waals surface area contributed by atoms with Gasteiger partial charge >= 0.3 is 0 Å². The SMILES string of the molecule is CN1C(C)(C)CC(Nc2nc(Nc3ccc4c(c3)OCc3nccn3-4)ncc2F)CC1(C)C. The summed E-state index contributed by atoms with van der Waals surface area (Å²) < 4.78 is 22.4. The summed E-state index contributed by atoms with van der Waals surface area (Å²) in [5.74, 6) is 1.68. The van der Waals surface area contributed by atoms with Gasteiger partial charge in [0, 0.05) is 41.3 Å². The highest BCUT2D eigenvalue weighted by Crippen LogP contribution is 2.38. The molecule has 0 amide bonds. The van der Waals surface area contributed by atoms with E-state index in [0.717, 1.165) is 35.8 Å². The first-order chi connectivity index (χ1) is 15.6. The molecule has 174 valence electrons. The van der Waals surface area contributed by atoms with Gasteiger partial charge < -0.3 is 15.4 Å². The molecule has 0 radical (unpaired) electrons. The van der Waals surface area contributed by atoms with Crippen LogP contribution in [0, 0.1) is 5.82 Å². The van der Waals surface area contributed by atoms with Crippen LogP contribution < -0.4 is 15.4 Å². The Morgan fingerprint density at radius 2 is 1.88 bits per heavy atom. The summed E-state index contributed by atoms with van der Waals surface area (Å²) in [5, 5.41) is 6.51. The normalized spacial score (nSPS) is 19.3. The molecule has 1 saturated heterocycles. The monoisotopic (exact) mass is 451 g/mol. The summed E-state index contributed by atoms with van der Waals surface area (Å²) in [6.45, 7) is 9.29. The molecule has 4 heterocycles. The third-order valence-corrected chi connectivity index (χ3v) is 6.94. The summed E-state index contributed by atoms with van der Waals surface area (Å²) in [4.78, 5) is 15.3. The Kier molecular flexibility index (Phi) is 5.04. The van der Waals surface area contributed by atoms with E-state index in [4.69, 9.17) is 4.74 Å². The lowest BCUT2D eigenvalue weighted by atomic mass is 9.77. The van der Waals surface area contributed by atoms with Crippen molar-refractivity contribution in [3.8, 4) is 11.4 Å². The van der Waals surface area contributed by atoms with E-state index in [0.29, 0.717) is 12.6 Å². The van der Waals surface area contributed by atoms with Gasteiger partial charge in [0.15, 0.2) is 17.5 Å². The molecule has 2 N–H and O–H groups in total. The van der Waals surface area contributed by atoms with Crippen molar-refractivity contribution in [2.24, 2.45) is 0 Å². The Balaban J connectivity index is 1.35. The molecule has 0 atom stereocenters. The second-order valence-electron chi connectivity index (χ2n) is 10.1. The van der Waals surface area contributed by atoms with Crippen LogP contribution in [0.3, 0.4) is 0 Å². The average molecular weight is 452 g/mol. The zero-order valence-electron chi connectivity index (χ0n) is 19.7. The number of piperidine rings is 1. The van der Waals surface area contributed by atoms with Crippen LogP contribution in [0.25, 0.3) is 5.69 Å². The second-order valence-corrected chi connectivity index (χ2v) is 10.1. The van der Waals surface area contributed by atoms with Crippen LogP contribution in [0.15, 0.2) is 36.8 Å². The van der Waals surface area contributed by atoms with E-state index in [1.165, 1.54) is 6.20 Å². The number of ether oxygens (including phenoxy) is 1. The number of nitrogens with one attached hydrogen (secondary N) is 2. The Morgan fingerprint density at radius 1 is 1.12 bits per heavy atom. The topological polar surface area (TPSA) is 80.1 Å². The smallest absolute Gasteiger partial charge is 0.229 e. The molecular weight excluding hydrogens is 421 g/mol. The first-order valence-electron chi connectivity index (χ1n) is 11.2. The molecule has 2 aliphatic rings. The van der Waals surface area contributed by atoms with E-state index in [1.54, 1.807) is 6.20 Å². The Hall–Kier alpha value is -3.20. The van der Waals surface area contributed by atoms with E-state index >= 15 is 0 Å². The number of aromatic nitrogens is 4. The largest absolute Gasteiger partial charge is 0.483 e. The van der Waals surface area contributed by atoms with Crippen molar-refractivity contribution >= 4 is 17.5 Å². The molecule has 8 nitrogen and oxygen atoms in total. The third-order valence-electron chi connectivity index (χ3n) is 6.94. The zero-order chi connectivity index (χ0) is 23.4. The molecule has 1 aromatic carbocycles. The lowest BCUT2D eigenvalue weighted by Crippen LogP contribution is -2.61. The summed E-state index contributed by atoms with van der Waals surface area (Å²) in [7, 11) is 2.15. The van der Waals surface area contributed by atoms with Gasteiger partial charge in [-0.25, -0.2) is 14.4 Å². The molecule has 0 unspecified atom stereocenters. The number of anilines is 3. The molecule has 2 aliphatic heterocycles. The number of imidazole rings is 1. The first kappa shape index (κ1) is 21.6. The van der Waals surface area contributed by atoms with Crippen molar-refractivity contribution in [3.63, 3.8) is 0 Å². The highest BCUT2D eigenvalue weighted by atomic mass is 19.1. The summed E-state index contributed by atoms with van der Waals surface area (Å²) in [6.07, 6.45) is 6.65. The number of hydrogen-bond acceptors (Lipinski definition) is 7. The van der Waals surface area contributed by atoms with Gasteiger partial charge in [-0.2, -0.15) is 4.98 Å². The maximum Gasteiger partial charge on any atom is 0.229 e. The fourth-order valence-electron chi connectivity index (χ4n) is 5.03. The minimum Gasteiger partial charge on any atom is -0.483 e. The standard InChI is InChI=1S/C24H30FN7O/c1-23(2)11-16(12-24(3,4)31(23)5)28-21-17(25)13-27-22(30-21)29-15-6-7-18-19(10-15)33-14-20-26-8-9-32(18)20/h6-10,13,16H,11-12,14H2,1-5H3,(H2,27,28,29,30). The van der Waals surface area contributed by atoms with Gasteiger partial charge in [0.25, 0.3) is 0 Å². The van der Waals surface area contributed by atoms with Crippen molar-refractivity contribution in [2.75, 3.05) is 17.7 Å². The highest BCUT2D eigenvalue weighted by molar-refractivity contribution is 5.63. The molecule has 0 spiro atoms. The number of rotatable bonds is 4. The van der Waals surface area contributed by atoms with Crippen LogP contribution in [0.2, 0.25) is 0 Å². The Bertz CT molecular complexity index is 1170. The number of benzene rings is 1. The zero-order valence-corrected chi connectivity index (χ0v) is 19.7. The van der Waals surface area contributed by atoms with Crippen molar-refractivity contribution < 1.29 is 9.13 Å². The minimum atomic E-state index is -0.462. The van der Waals surface area contributed by atoms with Gasteiger partial charge in [-0.1, -0.05) is 0 Å². The van der Waals surface area contributed by atoms with Gasteiger partial charge in [-0.05, 0) is 59.7 Å². The number of hydrogen-bond donors (Lipinski definition) is 2. The van der Waals surface area contributed by atoms with Crippen LogP contribution in [0.1, 0.15) is 46.4 Å². The van der Waals surface area contributed by atoms with Gasteiger partial charge in [0.1, 0.15) is 12.4 Å². The Morgan fingerprint density at radius 3 is 2.64 bits per heavy atom. The lowest BCUT2D eigenvalue weighted by molar-refractivity contribution is -0.00778. The maximum atomic E-state index is 14.6. The molecule has 2 aromatic heterocycles. The average Bonchev–Trinajstić information content (AvgIpc) is 3.23. The predicted molar refractivity (Wildman–Crippen MR) is 126 cm³/mol. The summed E-state index contributed by atoms with van der Waals surface area (Å²) in [6, 6.07) is 5.86. The van der Waals surface area contributed by atoms with Crippen LogP contribution >= 0.6 is 0 Å². The van der Waals surface area contributed by atoms with Gasteiger partial charge in [-0.3, -0.25) is 9.47 Å². The van der Waals surface area contributed by atoms with Crippen molar-refractivity contribution in [3.05, 3.63) is 48.4 Å². The van der Waals surface area contributed by atoms with Crippen LogP contribution in [0.5, 0.6) is 5.75 Å². The lowest BCUT2D eigenvalue weighted by Gasteiger charge is -2.53. The minimum absolute atomic E-state index is 0.0117.